The Labute approximate surface area is 149 Å². The minimum Gasteiger partial charge on any atom is -0.460 e. The van der Waals surface area contributed by atoms with E-state index in [1.807, 2.05) is 0 Å². The highest BCUT2D eigenvalue weighted by atomic mass is 16.5. The largest absolute Gasteiger partial charge is 0.460 e. The number of aliphatic imine (C=N–C) groups is 1. The quantitative estimate of drug-likeness (QED) is 0.444. The molecule has 2 aliphatic carbocycles. The van der Waals surface area contributed by atoms with Gasteiger partial charge in [0.15, 0.2) is 0 Å². The first kappa shape index (κ1) is 18.1. The molecule has 6 nitrogen and oxygen atoms in total. The molecule has 138 valence electrons. The topological polar surface area (TPSA) is 76.0 Å². The van der Waals surface area contributed by atoms with E-state index in [0.29, 0.717) is 25.3 Å². The molecule has 0 aromatic carbocycles. The minimum absolute atomic E-state index is 0.00959. The van der Waals surface area contributed by atoms with E-state index in [2.05, 4.69) is 25.8 Å². The van der Waals surface area contributed by atoms with Gasteiger partial charge in [-0.1, -0.05) is 20.8 Å². The molecule has 1 aliphatic heterocycles. The van der Waals surface area contributed by atoms with Crippen molar-refractivity contribution in [2.24, 2.45) is 21.7 Å². The van der Waals surface area contributed by atoms with Gasteiger partial charge in [-0.15, -0.1) is 0 Å². The summed E-state index contributed by atoms with van der Waals surface area (Å²) in [6.07, 6.45) is 4.85. The molecule has 6 heteroatoms. The number of likely N-dealkylation sites (tertiary alicyclic amines) is 1. The fraction of sp³-hybridized carbons (Fsp3) is 0.789. The van der Waals surface area contributed by atoms with Crippen molar-refractivity contribution in [2.75, 3.05) is 6.54 Å². The lowest BCUT2D eigenvalue weighted by Gasteiger charge is -2.39. The van der Waals surface area contributed by atoms with E-state index in [1.54, 1.807) is 0 Å². The maximum Gasteiger partial charge on any atom is 0.329 e. The summed E-state index contributed by atoms with van der Waals surface area (Å²) in [4.78, 5) is 40.7. The summed E-state index contributed by atoms with van der Waals surface area (Å²) in [5.41, 5.74) is 0.300. The third kappa shape index (κ3) is 2.70. The molecule has 4 unspecified atom stereocenters. The third-order valence-corrected chi connectivity index (χ3v) is 7.31. The number of carbonyl (C=O) groups excluding carboxylic acids is 3. The lowest BCUT2D eigenvalue weighted by molar-refractivity contribution is -0.163. The van der Waals surface area contributed by atoms with Crippen molar-refractivity contribution in [1.82, 2.24) is 4.90 Å². The molecule has 1 saturated heterocycles. The lowest BCUT2D eigenvalue weighted by Crippen LogP contribution is -2.46. The van der Waals surface area contributed by atoms with E-state index in [1.165, 1.54) is 18.2 Å². The van der Waals surface area contributed by atoms with E-state index in [4.69, 9.17) is 4.74 Å². The lowest BCUT2D eigenvalue weighted by atomic mass is 9.70. The first-order valence-electron chi connectivity index (χ1n) is 9.22. The van der Waals surface area contributed by atoms with Crippen molar-refractivity contribution in [1.29, 1.82) is 0 Å². The Morgan fingerprint density at radius 1 is 1.24 bits per heavy atom. The van der Waals surface area contributed by atoms with Crippen LogP contribution in [0.25, 0.3) is 0 Å². The molecule has 0 aromatic heterocycles. The Morgan fingerprint density at radius 3 is 2.52 bits per heavy atom. The molecule has 2 saturated carbocycles. The Morgan fingerprint density at radius 2 is 1.96 bits per heavy atom. The summed E-state index contributed by atoms with van der Waals surface area (Å²) in [5.74, 6) is -0.0658. The van der Waals surface area contributed by atoms with Crippen molar-refractivity contribution in [3.8, 4) is 0 Å². The molecular formula is C19H28N2O4. The van der Waals surface area contributed by atoms with Gasteiger partial charge in [-0.05, 0) is 50.4 Å². The number of nitrogens with zero attached hydrogens (tertiary/aromatic N) is 2. The fourth-order valence-corrected chi connectivity index (χ4v) is 5.12. The van der Waals surface area contributed by atoms with E-state index in [9.17, 15) is 14.4 Å². The van der Waals surface area contributed by atoms with Gasteiger partial charge in [-0.25, -0.2) is 9.79 Å². The average molecular weight is 348 g/mol. The molecule has 0 N–H and O–H groups in total. The maximum atomic E-state index is 12.8. The van der Waals surface area contributed by atoms with Crippen LogP contribution < -0.4 is 0 Å². The number of amides is 2. The summed E-state index contributed by atoms with van der Waals surface area (Å²) >= 11 is 0. The van der Waals surface area contributed by atoms with E-state index < -0.39 is 6.04 Å². The SMILES string of the molecule is C/C(=N\C=O)C(=O)N1CCCC1C(=O)OC1CC2CCC1(C)C2(C)C. The van der Waals surface area contributed by atoms with Crippen LogP contribution in [0.5, 0.6) is 0 Å². The molecule has 0 radical (unpaired) electrons. The summed E-state index contributed by atoms with van der Waals surface area (Å²) in [6, 6.07) is -0.560. The second kappa shape index (κ2) is 6.22. The smallest absolute Gasteiger partial charge is 0.329 e. The standard InChI is InChI=1S/C19H28N2O4/c1-12(20-11-22)16(23)21-9-5-6-14(21)17(24)25-15-10-13-7-8-19(15,4)18(13,2)3/h11,13-15H,5-10H2,1-4H3/b20-12+. The summed E-state index contributed by atoms with van der Waals surface area (Å²) in [5, 5.41) is 0. The number of hydrogen-bond acceptors (Lipinski definition) is 4. The molecule has 0 spiro atoms. The fourth-order valence-electron chi connectivity index (χ4n) is 5.12. The third-order valence-electron chi connectivity index (χ3n) is 7.31. The number of hydrogen-bond donors (Lipinski definition) is 0. The van der Waals surface area contributed by atoms with E-state index in [0.717, 1.165) is 19.3 Å². The van der Waals surface area contributed by atoms with Gasteiger partial charge in [0, 0.05) is 12.0 Å². The molecule has 0 aromatic rings. The second-order valence-corrected chi connectivity index (χ2v) is 8.51. The van der Waals surface area contributed by atoms with Crippen LogP contribution in [0.2, 0.25) is 0 Å². The van der Waals surface area contributed by atoms with Crippen LogP contribution in [0.1, 0.15) is 59.8 Å². The van der Waals surface area contributed by atoms with Gasteiger partial charge >= 0.3 is 5.97 Å². The number of fused-ring (bicyclic) bond motifs is 2. The van der Waals surface area contributed by atoms with Crippen LogP contribution in [-0.4, -0.2) is 47.6 Å². The summed E-state index contributed by atoms with van der Waals surface area (Å²) in [6.45, 7) is 8.79. The predicted molar refractivity (Wildman–Crippen MR) is 93.0 cm³/mol. The molecule has 2 amide bonds. The zero-order valence-electron chi connectivity index (χ0n) is 15.6. The van der Waals surface area contributed by atoms with Gasteiger partial charge in [0.05, 0.1) is 0 Å². The van der Waals surface area contributed by atoms with E-state index >= 15 is 0 Å². The predicted octanol–water partition coefficient (Wildman–Crippen LogP) is 2.35. The molecule has 3 aliphatic rings. The molecule has 2 bridgehead atoms. The number of esters is 1. The molecule has 3 rings (SSSR count). The van der Waals surface area contributed by atoms with Gasteiger partial charge in [0.25, 0.3) is 5.91 Å². The van der Waals surface area contributed by atoms with Gasteiger partial charge in [-0.3, -0.25) is 9.59 Å². The maximum absolute atomic E-state index is 12.8. The highest BCUT2D eigenvalue weighted by molar-refractivity contribution is 6.39. The van der Waals surface area contributed by atoms with Crippen molar-refractivity contribution in [2.45, 2.75) is 71.9 Å². The minimum atomic E-state index is -0.560. The van der Waals surface area contributed by atoms with Crippen molar-refractivity contribution >= 4 is 24.0 Å². The highest BCUT2D eigenvalue weighted by Crippen LogP contribution is 2.66. The van der Waals surface area contributed by atoms with E-state index in [-0.39, 0.29) is 34.5 Å². The highest BCUT2D eigenvalue weighted by Gasteiger charge is 2.63. The van der Waals surface area contributed by atoms with Crippen LogP contribution in [0, 0.1) is 16.7 Å². The van der Waals surface area contributed by atoms with Crippen LogP contribution >= 0.6 is 0 Å². The first-order valence-corrected chi connectivity index (χ1v) is 9.22. The molecule has 3 fully saturated rings. The Bertz CT molecular complexity index is 627. The monoisotopic (exact) mass is 348 g/mol. The number of ether oxygens (including phenoxy) is 1. The van der Waals surface area contributed by atoms with Crippen LogP contribution in [0.15, 0.2) is 4.99 Å². The Kier molecular flexibility index (Phi) is 4.50. The summed E-state index contributed by atoms with van der Waals surface area (Å²) in [7, 11) is 0. The number of carbonyl (C=O) groups is 3. The zero-order valence-corrected chi connectivity index (χ0v) is 15.6. The zero-order chi connectivity index (χ0) is 18.4. The van der Waals surface area contributed by atoms with Gasteiger partial charge < -0.3 is 9.64 Å². The summed E-state index contributed by atoms with van der Waals surface area (Å²) < 4.78 is 5.95. The van der Waals surface area contributed by atoms with Crippen molar-refractivity contribution in [3.05, 3.63) is 0 Å². The normalized spacial score (nSPS) is 36.6. The Hall–Kier alpha value is -1.72. The molecular weight excluding hydrogens is 320 g/mol. The van der Waals surface area contributed by atoms with Crippen LogP contribution in [0.4, 0.5) is 0 Å². The molecule has 4 atom stereocenters. The average Bonchev–Trinajstić information content (AvgIpc) is 3.17. The van der Waals surface area contributed by atoms with Gasteiger partial charge in [-0.2, -0.15) is 0 Å². The Balaban J connectivity index is 1.70. The van der Waals surface area contributed by atoms with Crippen molar-refractivity contribution in [3.63, 3.8) is 0 Å². The van der Waals surface area contributed by atoms with Crippen LogP contribution in [0.3, 0.4) is 0 Å². The van der Waals surface area contributed by atoms with Crippen LogP contribution in [-0.2, 0) is 19.1 Å². The molecule has 25 heavy (non-hydrogen) atoms. The number of rotatable bonds is 4. The molecule has 1 heterocycles. The second-order valence-electron chi connectivity index (χ2n) is 8.51. The first-order chi connectivity index (χ1) is 11.7. The van der Waals surface area contributed by atoms with Gasteiger partial charge in [0.1, 0.15) is 17.9 Å². The van der Waals surface area contributed by atoms with Crippen molar-refractivity contribution < 1.29 is 19.1 Å². The van der Waals surface area contributed by atoms with Gasteiger partial charge in [0.2, 0.25) is 6.41 Å².